The molecule has 1 aliphatic rings. The first-order chi connectivity index (χ1) is 13.0. The molecule has 1 fully saturated rings. The minimum atomic E-state index is -0.231. The van der Waals surface area contributed by atoms with Gasteiger partial charge >= 0.3 is 6.09 Å². The monoisotopic (exact) mass is 396 g/mol. The van der Waals surface area contributed by atoms with Crippen molar-refractivity contribution < 1.29 is 14.3 Å². The fourth-order valence-corrected chi connectivity index (χ4v) is 3.04. The van der Waals surface area contributed by atoms with Gasteiger partial charge in [0, 0.05) is 31.2 Å². The average Bonchev–Trinajstić information content (AvgIpc) is 2.65. The Bertz CT molecular complexity index is 633. The van der Waals surface area contributed by atoms with E-state index in [0.717, 1.165) is 24.6 Å². The summed E-state index contributed by atoms with van der Waals surface area (Å²) >= 11 is 5.98. The number of amides is 1. The van der Waals surface area contributed by atoms with Crippen molar-refractivity contribution in [2.45, 2.75) is 38.8 Å². The van der Waals surface area contributed by atoms with Crippen molar-refractivity contribution in [2.75, 3.05) is 33.3 Å². The second kappa shape index (κ2) is 10.9. The highest BCUT2D eigenvalue weighted by Gasteiger charge is 2.24. The van der Waals surface area contributed by atoms with Crippen molar-refractivity contribution >= 4 is 23.7 Å². The van der Waals surface area contributed by atoms with Gasteiger partial charge in [0.25, 0.3) is 0 Å². The third-order valence-corrected chi connectivity index (χ3v) is 4.51. The summed E-state index contributed by atoms with van der Waals surface area (Å²) in [6.45, 7) is 6.18. The molecule has 1 aromatic carbocycles. The van der Waals surface area contributed by atoms with Gasteiger partial charge in [0.2, 0.25) is 0 Å². The van der Waals surface area contributed by atoms with E-state index >= 15 is 0 Å². The number of rotatable bonds is 6. The first-order valence-electron chi connectivity index (χ1n) is 9.33. The van der Waals surface area contributed by atoms with Crippen LogP contribution in [0.1, 0.15) is 26.7 Å². The lowest BCUT2D eigenvalue weighted by Gasteiger charge is -2.32. The molecule has 1 aromatic rings. The van der Waals surface area contributed by atoms with Gasteiger partial charge in [-0.2, -0.15) is 0 Å². The average molecular weight is 397 g/mol. The first kappa shape index (κ1) is 21.2. The van der Waals surface area contributed by atoms with Crippen LogP contribution in [0.4, 0.5) is 4.79 Å². The van der Waals surface area contributed by atoms with E-state index in [4.69, 9.17) is 21.1 Å². The van der Waals surface area contributed by atoms with Crippen LogP contribution in [-0.2, 0) is 4.74 Å². The fraction of sp³-hybridized carbons (Fsp3) is 0.579. The maximum atomic E-state index is 11.8. The summed E-state index contributed by atoms with van der Waals surface area (Å²) in [7, 11) is 1.74. The van der Waals surface area contributed by atoms with E-state index < -0.39 is 0 Å². The van der Waals surface area contributed by atoms with E-state index in [2.05, 4.69) is 15.6 Å². The molecule has 1 amide bonds. The van der Waals surface area contributed by atoms with Gasteiger partial charge in [-0.3, -0.25) is 4.99 Å². The van der Waals surface area contributed by atoms with Crippen LogP contribution in [0.2, 0.25) is 5.02 Å². The summed E-state index contributed by atoms with van der Waals surface area (Å²) in [6.07, 6.45) is 1.43. The zero-order valence-electron chi connectivity index (χ0n) is 16.2. The zero-order chi connectivity index (χ0) is 19.6. The summed E-state index contributed by atoms with van der Waals surface area (Å²) in [6, 6.07) is 7.62. The van der Waals surface area contributed by atoms with Crippen LogP contribution in [0.5, 0.6) is 5.75 Å². The zero-order valence-corrected chi connectivity index (χ0v) is 17.0. The number of aliphatic imine (C=N–C) groups is 1. The van der Waals surface area contributed by atoms with E-state index in [1.165, 1.54) is 0 Å². The van der Waals surface area contributed by atoms with Gasteiger partial charge in [0.1, 0.15) is 11.9 Å². The molecule has 0 saturated carbocycles. The molecule has 1 saturated heterocycles. The number of piperidine rings is 1. The van der Waals surface area contributed by atoms with E-state index in [-0.39, 0.29) is 18.2 Å². The van der Waals surface area contributed by atoms with Crippen molar-refractivity contribution in [3.63, 3.8) is 0 Å². The minimum Gasteiger partial charge on any atom is -0.489 e. The van der Waals surface area contributed by atoms with Crippen LogP contribution < -0.4 is 15.4 Å². The Morgan fingerprint density at radius 3 is 2.78 bits per heavy atom. The number of nitrogens with zero attached hydrogens (tertiary/aromatic N) is 2. The van der Waals surface area contributed by atoms with Gasteiger partial charge < -0.3 is 25.0 Å². The standard InChI is InChI=1S/C19H29ClN4O3/c1-4-26-19(25)24-10-8-16(9-11-24)23-18(21-3)22-13-14(2)27-17-7-5-6-15(20)12-17/h5-7,12,14,16H,4,8-11,13H2,1-3H3,(H2,21,22,23). The highest BCUT2D eigenvalue weighted by atomic mass is 35.5. The molecule has 2 rings (SSSR count). The second-order valence-electron chi connectivity index (χ2n) is 6.44. The number of carbonyl (C=O) groups excluding carboxylic acids is 1. The van der Waals surface area contributed by atoms with Gasteiger partial charge in [-0.25, -0.2) is 4.79 Å². The Hall–Kier alpha value is -2.15. The van der Waals surface area contributed by atoms with Crippen LogP contribution in [0, 0.1) is 0 Å². The molecule has 1 aliphatic heterocycles. The number of guanidine groups is 1. The smallest absolute Gasteiger partial charge is 0.409 e. The lowest BCUT2D eigenvalue weighted by Crippen LogP contribution is -2.50. The van der Waals surface area contributed by atoms with Crippen molar-refractivity contribution in [1.29, 1.82) is 0 Å². The minimum absolute atomic E-state index is 0.0484. The van der Waals surface area contributed by atoms with Crippen LogP contribution in [0.15, 0.2) is 29.3 Å². The van der Waals surface area contributed by atoms with E-state index in [0.29, 0.717) is 31.3 Å². The quantitative estimate of drug-likeness (QED) is 0.571. The Balaban J connectivity index is 1.72. The number of hydrogen-bond acceptors (Lipinski definition) is 4. The number of halogens is 1. The van der Waals surface area contributed by atoms with Crippen molar-refractivity contribution in [1.82, 2.24) is 15.5 Å². The molecule has 8 heteroatoms. The Labute approximate surface area is 166 Å². The fourth-order valence-electron chi connectivity index (χ4n) is 2.86. The molecule has 7 nitrogen and oxygen atoms in total. The molecule has 0 radical (unpaired) electrons. The molecule has 0 aromatic heterocycles. The predicted octanol–water partition coefficient (Wildman–Crippen LogP) is 2.89. The van der Waals surface area contributed by atoms with Crippen LogP contribution in [0.25, 0.3) is 0 Å². The highest BCUT2D eigenvalue weighted by molar-refractivity contribution is 6.30. The first-order valence-corrected chi connectivity index (χ1v) is 9.70. The van der Waals surface area contributed by atoms with Crippen molar-refractivity contribution in [3.05, 3.63) is 29.3 Å². The maximum absolute atomic E-state index is 11.8. The number of carbonyl (C=O) groups is 1. The third kappa shape index (κ3) is 7.17. The number of likely N-dealkylation sites (tertiary alicyclic amines) is 1. The van der Waals surface area contributed by atoms with Gasteiger partial charge in [-0.15, -0.1) is 0 Å². The molecular weight excluding hydrogens is 368 g/mol. The van der Waals surface area contributed by atoms with Crippen LogP contribution in [0.3, 0.4) is 0 Å². The Morgan fingerprint density at radius 1 is 1.41 bits per heavy atom. The molecule has 1 heterocycles. The lowest BCUT2D eigenvalue weighted by atomic mass is 10.1. The molecule has 1 atom stereocenters. The van der Waals surface area contributed by atoms with Crippen LogP contribution in [-0.4, -0.2) is 62.4 Å². The molecule has 2 N–H and O–H groups in total. The number of nitrogens with one attached hydrogen (secondary N) is 2. The summed E-state index contributed by atoms with van der Waals surface area (Å²) in [4.78, 5) is 17.8. The normalized spacial score (nSPS) is 16.6. The second-order valence-corrected chi connectivity index (χ2v) is 6.88. The van der Waals surface area contributed by atoms with Gasteiger partial charge in [0.15, 0.2) is 5.96 Å². The molecule has 1 unspecified atom stereocenters. The van der Waals surface area contributed by atoms with E-state index in [9.17, 15) is 4.79 Å². The Kier molecular flexibility index (Phi) is 8.51. The SMILES string of the molecule is CCOC(=O)N1CCC(NC(=NC)NCC(C)Oc2cccc(Cl)c2)CC1. The number of hydrogen-bond donors (Lipinski definition) is 2. The van der Waals surface area contributed by atoms with Gasteiger partial charge in [-0.1, -0.05) is 17.7 Å². The maximum Gasteiger partial charge on any atom is 0.409 e. The Morgan fingerprint density at radius 2 is 2.15 bits per heavy atom. The molecule has 0 aliphatic carbocycles. The summed E-state index contributed by atoms with van der Waals surface area (Å²) in [5.74, 6) is 1.47. The molecule has 0 spiro atoms. The topological polar surface area (TPSA) is 75.2 Å². The van der Waals surface area contributed by atoms with Crippen LogP contribution >= 0.6 is 11.6 Å². The van der Waals surface area contributed by atoms with E-state index in [1.54, 1.807) is 18.0 Å². The number of ether oxygens (including phenoxy) is 2. The predicted molar refractivity (Wildman–Crippen MR) is 108 cm³/mol. The van der Waals surface area contributed by atoms with E-state index in [1.807, 2.05) is 32.0 Å². The number of benzene rings is 1. The third-order valence-electron chi connectivity index (χ3n) is 4.28. The molecule has 0 bridgehead atoms. The lowest BCUT2D eigenvalue weighted by molar-refractivity contribution is 0.0963. The molecular formula is C19H29ClN4O3. The molecule has 27 heavy (non-hydrogen) atoms. The summed E-state index contributed by atoms with van der Waals surface area (Å²) < 4.78 is 10.9. The van der Waals surface area contributed by atoms with Crippen molar-refractivity contribution in [3.8, 4) is 5.75 Å². The summed E-state index contributed by atoms with van der Waals surface area (Å²) in [5, 5.41) is 7.34. The van der Waals surface area contributed by atoms with Crippen molar-refractivity contribution in [2.24, 2.45) is 4.99 Å². The van der Waals surface area contributed by atoms with Gasteiger partial charge in [-0.05, 0) is 44.9 Å². The van der Waals surface area contributed by atoms with Gasteiger partial charge in [0.05, 0.1) is 13.2 Å². The molecule has 150 valence electrons. The summed E-state index contributed by atoms with van der Waals surface area (Å²) in [5.41, 5.74) is 0. The highest BCUT2D eigenvalue weighted by Crippen LogP contribution is 2.18. The largest absolute Gasteiger partial charge is 0.489 e.